The SMILES string of the molecule is Nc1ccc(C(=O)OC(=O)CC[C@H](NC(=O)c2ccc(NCc3cnc4nc(N)[nH]c(=O)c4n3)cc2)C(=O)OC(=O)c2ccc(N)cc2)cc1. The van der Waals surface area contributed by atoms with Crippen molar-refractivity contribution in [1.82, 2.24) is 25.3 Å². The molecule has 2 aromatic heterocycles. The molecule has 0 aliphatic carbocycles. The van der Waals surface area contributed by atoms with Crippen LogP contribution in [0.2, 0.25) is 0 Å². The molecule has 0 aliphatic rings. The van der Waals surface area contributed by atoms with E-state index in [2.05, 4.69) is 30.6 Å². The van der Waals surface area contributed by atoms with E-state index in [0.29, 0.717) is 22.8 Å². The van der Waals surface area contributed by atoms with Crippen molar-refractivity contribution in [3.8, 4) is 0 Å². The van der Waals surface area contributed by atoms with Gasteiger partial charge in [-0.2, -0.15) is 4.98 Å². The molecule has 17 nitrogen and oxygen atoms in total. The number of amides is 1. The first-order valence-corrected chi connectivity index (χ1v) is 14.8. The monoisotopic (exact) mass is 679 g/mol. The molecule has 2 heterocycles. The Morgan fingerprint density at radius 3 is 1.96 bits per heavy atom. The van der Waals surface area contributed by atoms with E-state index in [1.54, 1.807) is 12.1 Å². The summed E-state index contributed by atoms with van der Waals surface area (Å²) in [5.41, 5.74) is 18.4. The van der Waals surface area contributed by atoms with E-state index in [9.17, 15) is 28.8 Å². The molecule has 5 rings (SSSR count). The minimum Gasteiger partial charge on any atom is -0.399 e. The van der Waals surface area contributed by atoms with Crippen LogP contribution in [-0.2, 0) is 25.6 Å². The molecule has 0 spiro atoms. The van der Waals surface area contributed by atoms with Crippen LogP contribution < -0.4 is 33.4 Å². The van der Waals surface area contributed by atoms with Crippen LogP contribution >= 0.6 is 0 Å². The molecule has 0 radical (unpaired) electrons. The lowest BCUT2D eigenvalue weighted by atomic mass is 10.1. The Morgan fingerprint density at radius 1 is 0.760 bits per heavy atom. The molecule has 0 saturated heterocycles. The van der Waals surface area contributed by atoms with Crippen molar-refractivity contribution >= 4 is 64.0 Å². The largest absolute Gasteiger partial charge is 0.399 e. The van der Waals surface area contributed by atoms with E-state index < -0.39 is 47.8 Å². The lowest BCUT2D eigenvalue weighted by molar-refractivity contribution is -0.141. The van der Waals surface area contributed by atoms with E-state index >= 15 is 0 Å². The quantitative estimate of drug-likeness (QED) is 0.0658. The molecule has 3 aromatic carbocycles. The Hall–Kier alpha value is -7.17. The summed E-state index contributed by atoms with van der Waals surface area (Å²) in [7, 11) is 0. The molecular formula is C33H29N9O8. The zero-order valence-electron chi connectivity index (χ0n) is 26.0. The van der Waals surface area contributed by atoms with E-state index in [1.807, 2.05) is 0 Å². The summed E-state index contributed by atoms with van der Waals surface area (Å²) < 4.78 is 9.84. The molecule has 254 valence electrons. The number of hydrogen-bond donors (Lipinski definition) is 6. The van der Waals surface area contributed by atoms with Crippen molar-refractivity contribution < 1.29 is 33.4 Å². The van der Waals surface area contributed by atoms with Crippen LogP contribution in [0.3, 0.4) is 0 Å². The number of nitrogens with two attached hydrogens (primary N) is 3. The van der Waals surface area contributed by atoms with Gasteiger partial charge in [0.15, 0.2) is 11.2 Å². The van der Waals surface area contributed by atoms with Crippen molar-refractivity contribution in [3.63, 3.8) is 0 Å². The first kappa shape index (κ1) is 34.2. The Bertz CT molecular complexity index is 2140. The van der Waals surface area contributed by atoms with Crippen LogP contribution in [0.4, 0.5) is 23.0 Å². The van der Waals surface area contributed by atoms with Gasteiger partial charge in [0.25, 0.3) is 11.5 Å². The van der Waals surface area contributed by atoms with Gasteiger partial charge in [-0.15, -0.1) is 0 Å². The van der Waals surface area contributed by atoms with Crippen molar-refractivity contribution in [3.05, 3.63) is 112 Å². The maximum absolute atomic E-state index is 13.2. The maximum atomic E-state index is 13.2. The van der Waals surface area contributed by atoms with Gasteiger partial charge in [0.2, 0.25) is 5.95 Å². The molecule has 0 unspecified atom stereocenters. The fourth-order valence-corrected chi connectivity index (χ4v) is 4.41. The molecule has 5 aromatic rings. The highest BCUT2D eigenvalue weighted by Crippen LogP contribution is 2.14. The number of H-pyrrole nitrogens is 1. The van der Waals surface area contributed by atoms with Crippen molar-refractivity contribution in [1.29, 1.82) is 0 Å². The van der Waals surface area contributed by atoms with Crippen LogP contribution in [0.5, 0.6) is 0 Å². The number of rotatable bonds is 11. The van der Waals surface area contributed by atoms with Gasteiger partial charge in [0.1, 0.15) is 6.04 Å². The topological polar surface area (TPSA) is 277 Å². The van der Waals surface area contributed by atoms with E-state index in [-0.39, 0.29) is 46.8 Å². The van der Waals surface area contributed by atoms with Gasteiger partial charge in [-0.05, 0) is 79.2 Å². The molecule has 1 atom stereocenters. The second-order valence-electron chi connectivity index (χ2n) is 10.7. The minimum atomic E-state index is -1.49. The number of fused-ring (bicyclic) bond motifs is 1. The summed E-state index contributed by atoms with van der Waals surface area (Å²) in [6.07, 6.45) is 0.571. The standard InChI is InChI=1S/C33H29N9O8/c34-20-7-1-18(2-8-20)30(46)49-25(43)14-13-24(32(48)50-31(47)19-3-9-21(35)10-4-19)40-28(44)17-5-11-22(12-6-17)37-15-23-16-38-27-26(39-23)29(45)42-33(36)41-27/h1-12,16,24,37H,13-15,34-35H2,(H,40,44)(H3,36,38,41,42,45)/t24-/m0/s1. The summed E-state index contributed by atoms with van der Waals surface area (Å²) in [6, 6.07) is 15.9. The number of esters is 4. The number of aromatic nitrogens is 4. The zero-order chi connectivity index (χ0) is 35.8. The van der Waals surface area contributed by atoms with E-state index in [1.165, 1.54) is 66.9 Å². The van der Waals surface area contributed by atoms with E-state index in [4.69, 9.17) is 26.7 Å². The lowest BCUT2D eigenvalue weighted by Gasteiger charge is -2.17. The van der Waals surface area contributed by atoms with Crippen LogP contribution in [0, 0.1) is 0 Å². The third kappa shape index (κ3) is 8.79. The predicted octanol–water partition coefficient (Wildman–Crippen LogP) is 1.72. The molecule has 50 heavy (non-hydrogen) atoms. The highest BCUT2D eigenvalue weighted by atomic mass is 16.6. The van der Waals surface area contributed by atoms with Gasteiger partial charge in [-0.3, -0.25) is 19.4 Å². The number of benzene rings is 3. The van der Waals surface area contributed by atoms with E-state index in [0.717, 1.165) is 0 Å². The lowest BCUT2D eigenvalue weighted by Crippen LogP contribution is -2.43. The molecular weight excluding hydrogens is 650 g/mol. The third-order valence-corrected chi connectivity index (χ3v) is 7.03. The second kappa shape index (κ2) is 15.2. The van der Waals surface area contributed by atoms with Crippen LogP contribution in [0.25, 0.3) is 11.2 Å². The fourth-order valence-electron chi connectivity index (χ4n) is 4.41. The molecule has 0 saturated carbocycles. The van der Waals surface area contributed by atoms with Crippen molar-refractivity contribution in [2.75, 3.05) is 22.5 Å². The number of aromatic amines is 1. The average molecular weight is 680 g/mol. The highest BCUT2D eigenvalue weighted by Gasteiger charge is 2.27. The second-order valence-corrected chi connectivity index (χ2v) is 10.7. The molecule has 0 aliphatic heterocycles. The number of anilines is 4. The number of nitrogen functional groups attached to an aromatic ring is 3. The number of nitrogens with zero attached hydrogens (tertiary/aromatic N) is 3. The summed E-state index contributed by atoms with van der Waals surface area (Å²) in [5, 5.41) is 5.56. The highest BCUT2D eigenvalue weighted by molar-refractivity contribution is 6.02. The first-order valence-electron chi connectivity index (χ1n) is 14.8. The number of hydrogen-bond acceptors (Lipinski definition) is 15. The molecule has 0 bridgehead atoms. The van der Waals surface area contributed by atoms with Gasteiger partial charge in [-0.1, -0.05) is 0 Å². The van der Waals surface area contributed by atoms with Gasteiger partial charge < -0.3 is 37.3 Å². The zero-order valence-corrected chi connectivity index (χ0v) is 26.0. The number of carbonyl (C=O) groups excluding carboxylic acids is 5. The molecule has 9 N–H and O–H groups in total. The number of carbonyl (C=O) groups is 5. The Labute approximate surface area is 282 Å². The number of ether oxygens (including phenoxy) is 2. The van der Waals surface area contributed by atoms with Crippen LogP contribution in [0.1, 0.15) is 49.6 Å². The number of nitrogens with one attached hydrogen (secondary N) is 3. The van der Waals surface area contributed by atoms with Gasteiger partial charge in [0.05, 0.1) is 29.6 Å². The Morgan fingerprint density at radius 2 is 1.34 bits per heavy atom. The smallest absolute Gasteiger partial charge is 0.345 e. The Balaban J connectivity index is 1.23. The average Bonchev–Trinajstić information content (AvgIpc) is 3.09. The minimum absolute atomic E-state index is 0.0235. The third-order valence-electron chi connectivity index (χ3n) is 7.03. The van der Waals surface area contributed by atoms with Gasteiger partial charge >= 0.3 is 23.9 Å². The molecule has 0 fully saturated rings. The van der Waals surface area contributed by atoms with Gasteiger partial charge in [0, 0.05) is 29.0 Å². The predicted molar refractivity (Wildman–Crippen MR) is 179 cm³/mol. The van der Waals surface area contributed by atoms with Crippen molar-refractivity contribution in [2.45, 2.75) is 25.4 Å². The van der Waals surface area contributed by atoms with Crippen LogP contribution in [-0.4, -0.2) is 55.8 Å². The summed E-state index contributed by atoms with van der Waals surface area (Å²) in [6.45, 7) is 0.172. The first-order chi connectivity index (χ1) is 23.9. The van der Waals surface area contributed by atoms with Gasteiger partial charge in [-0.25, -0.2) is 24.4 Å². The van der Waals surface area contributed by atoms with Crippen molar-refractivity contribution in [2.24, 2.45) is 0 Å². The summed E-state index contributed by atoms with van der Waals surface area (Å²) >= 11 is 0. The fraction of sp³-hybridized carbons (Fsp3) is 0.121. The summed E-state index contributed by atoms with van der Waals surface area (Å²) in [5.74, 6) is -4.88. The Kier molecular flexibility index (Phi) is 10.4. The molecule has 17 heteroatoms. The summed E-state index contributed by atoms with van der Waals surface area (Å²) in [4.78, 5) is 90.5. The van der Waals surface area contributed by atoms with Crippen LogP contribution in [0.15, 0.2) is 83.8 Å². The molecule has 1 amide bonds. The normalized spacial score (nSPS) is 11.3. The maximum Gasteiger partial charge on any atom is 0.345 e.